The second kappa shape index (κ2) is 6.32. The monoisotopic (exact) mass is 304 g/mol. The van der Waals surface area contributed by atoms with Gasteiger partial charge >= 0.3 is 6.18 Å². The Kier molecular flexibility index (Phi) is 4.88. The Bertz CT molecular complexity index is 487. The minimum Gasteiger partial charge on any atom is -0.330 e. The molecular weight excluding hydrogens is 284 g/mol. The molecule has 2 nitrogen and oxygen atoms in total. The fraction of sp³-hybridized carbons (Fsp3) is 0.600. The first-order chi connectivity index (χ1) is 9.88. The van der Waals surface area contributed by atoms with E-state index in [1.807, 2.05) is 6.92 Å². The summed E-state index contributed by atoms with van der Waals surface area (Å²) >= 11 is 0. The summed E-state index contributed by atoms with van der Waals surface area (Å²) in [5.41, 5.74) is 5.06. The van der Waals surface area contributed by atoms with Gasteiger partial charge in [0.15, 0.2) is 0 Å². The van der Waals surface area contributed by atoms with Crippen molar-refractivity contribution in [2.75, 3.05) is 19.6 Å². The highest BCUT2D eigenvalue weighted by Gasteiger charge is 2.38. The average Bonchev–Trinajstić information content (AvgIpc) is 2.81. The molecule has 1 aliphatic heterocycles. The fourth-order valence-electron chi connectivity index (χ4n) is 3.14. The molecule has 2 rings (SSSR count). The minimum atomic E-state index is -4.67. The zero-order valence-corrected chi connectivity index (χ0v) is 12.0. The SMILES string of the molecule is CCCN1CCC(CN)C1c1ccc(F)c(C(F)(F)F)c1. The highest BCUT2D eigenvalue weighted by Crippen LogP contribution is 2.39. The molecular formula is C15H20F4N2. The van der Waals surface area contributed by atoms with E-state index < -0.39 is 17.6 Å². The lowest BCUT2D eigenvalue weighted by atomic mass is 9.92. The summed E-state index contributed by atoms with van der Waals surface area (Å²) in [6.45, 7) is 4.07. The molecule has 2 atom stereocenters. The molecule has 0 aliphatic carbocycles. The maximum Gasteiger partial charge on any atom is 0.419 e. The van der Waals surface area contributed by atoms with E-state index in [-0.39, 0.29) is 12.0 Å². The Morgan fingerprint density at radius 1 is 1.33 bits per heavy atom. The number of benzene rings is 1. The molecule has 1 aromatic carbocycles. The van der Waals surface area contributed by atoms with Gasteiger partial charge in [-0.2, -0.15) is 13.2 Å². The number of rotatable bonds is 4. The summed E-state index contributed by atoms with van der Waals surface area (Å²) in [6.07, 6.45) is -2.90. The number of likely N-dealkylation sites (tertiary alicyclic amines) is 1. The summed E-state index contributed by atoms with van der Waals surface area (Å²) in [4.78, 5) is 2.14. The summed E-state index contributed by atoms with van der Waals surface area (Å²) in [7, 11) is 0. The Balaban J connectivity index is 2.38. The molecule has 0 aromatic heterocycles. The maximum absolute atomic E-state index is 13.4. The van der Waals surface area contributed by atoms with Crippen LogP contribution in [0.1, 0.15) is 36.9 Å². The first-order valence-electron chi connectivity index (χ1n) is 7.19. The van der Waals surface area contributed by atoms with Crippen LogP contribution >= 0.6 is 0 Å². The molecule has 1 aliphatic rings. The molecule has 0 saturated carbocycles. The first-order valence-corrected chi connectivity index (χ1v) is 7.19. The van der Waals surface area contributed by atoms with Gasteiger partial charge in [-0.1, -0.05) is 13.0 Å². The normalized spacial score (nSPS) is 23.7. The fourth-order valence-corrected chi connectivity index (χ4v) is 3.14. The third-order valence-electron chi connectivity index (χ3n) is 4.08. The zero-order chi connectivity index (χ0) is 15.6. The van der Waals surface area contributed by atoms with Crippen LogP contribution in [-0.4, -0.2) is 24.5 Å². The van der Waals surface area contributed by atoms with Crippen LogP contribution in [0.3, 0.4) is 0 Å². The van der Waals surface area contributed by atoms with E-state index in [0.717, 1.165) is 38.1 Å². The number of hydrogen-bond acceptors (Lipinski definition) is 2. The molecule has 6 heteroatoms. The number of halogens is 4. The summed E-state index contributed by atoms with van der Waals surface area (Å²) in [6, 6.07) is 3.15. The Hall–Kier alpha value is -1.14. The van der Waals surface area contributed by atoms with Crippen LogP contribution in [0, 0.1) is 11.7 Å². The molecule has 2 N–H and O–H groups in total. The van der Waals surface area contributed by atoms with Crippen molar-refractivity contribution in [3.63, 3.8) is 0 Å². The van der Waals surface area contributed by atoms with Gasteiger partial charge in [-0.15, -0.1) is 0 Å². The smallest absolute Gasteiger partial charge is 0.330 e. The molecule has 2 unspecified atom stereocenters. The van der Waals surface area contributed by atoms with Gasteiger partial charge < -0.3 is 5.73 Å². The van der Waals surface area contributed by atoms with Crippen LogP contribution in [-0.2, 0) is 6.18 Å². The van der Waals surface area contributed by atoms with Gasteiger partial charge in [0.1, 0.15) is 5.82 Å². The van der Waals surface area contributed by atoms with E-state index in [1.54, 1.807) is 0 Å². The van der Waals surface area contributed by atoms with E-state index in [9.17, 15) is 17.6 Å². The zero-order valence-electron chi connectivity index (χ0n) is 12.0. The quantitative estimate of drug-likeness (QED) is 0.862. The third-order valence-corrected chi connectivity index (χ3v) is 4.08. The number of alkyl halides is 3. The Labute approximate surface area is 121 Å². The van der Waals surface area contributed by atoms with Gasteiger partial charge in [-0.3, -0.25) is 4.90 Å². The Morgan fingerprint density at radius 3 is 2.62 bits per heavy atom. The summed E-state index contributed by atoms with van der Waals surface area (Å²) in [5.74, 6) is -1.11. The predicted octanol–water partition coefficient (Wildman–Crippen LogP) is 3.58. The molecule has 1 heterocycles. The van der Waals surface area contributed by atoms with Crippen molar-refractivity contribution in [3.8, 4) is 0 Å². The summed E-state index contributed by atoms with van der Waals surface area (Å²) in [5, 5.41) is 0. The highest BCUT2D eigenvalue weighted by molar-refractivity contribution is 5.30. The lowest BCUT2D eigenvalue weighted by molar-refractivity contribution is -0.140. The van der Waals surface area contributed by atoms with E-state index in [4.69, 9.17) is 5.73 Å². The minimum absolute atomic E-state index is 0.114. The second-order valence-corrected chi connectivity index (χ2v) is 5.50. The predicted molar refractivity (Wildman–Crippen MR) is 73.2 cm³/mol. The van der Waals surface area contributed by atoms with Crippen molar-refractivity contribution in [2.45, 2.75) is 32.0 Å². The molecule has 0 radical (unpaired) electrons. The van der Waals surface area contributed by atoms with Crippen molar-refractivity contribution in [1.29, 1.82) is 0 Å². The van der Waals surface area contributed by atoms with Crippen LogP contribution in [0.5, 0.6) is 0 Å². The van der Waals surface area contributed by atoms with E-state index in [1.165, 1.54) is 6.07 Å². The largest absolute Gasteiger partial charge is 0.419 e. The van der Waals surface area contributed by atoms with Gasteiger partial charge in [-0.25, -0.2) is 4.39 Å². The number of hydrogen-bond donors (Lipinski definition) is 1. The van der Waals surface area contributed by atoms with E-state index in [0.29, 0.717) is 12.1 Å². The van der Waals surface area contributed by atoms with Crippen molar-refractivity contribution < 1.29 is 17.6 Å². The second-order valence-electron chi connectivity index (χ2n) is 5.50. The average molecular weight is 304 g/mol. The molecule has 0 bridgehead atoms. The molecule has 118 valence electrons. The van der Waals surface area contributed by atoms with Crippen LogP contribution in [0.15, 0.2) is 18.2 Å². The topological polar surface area (TPSA) is 29.3 Å². The van der Waals surface area contributed by atoms with Gasteiger partial charge in [0.2, 0.25) is 0 Å². The lowest BCUT2D eigenvalue weighted by Crippen LogP contribution is -2.29. The van der Waals surface area contributed by atoms with E-state index >= 15 is 0 Å². The van der Waals surface area contributed by atoms with Crippen molar-refractivity contribution in [2.24, 2.45) is 11.7 Å². The van der Waals surface area contributed by atoms with Gasteiger partial charge in [-0.05, 0) is 56.1 Å². The Morgan fingerprint density at radius 2 is 2.05 bits per heavy atom. The third kappa shape index (κ3) is 3.37. The van der Waals surface area contributed by atoms with Crippen molar-refractivity contribution in [1.82, 2.24) is 4.90 Å². The molecule has 1 aromatic rings. The van der Waals surface area contributed by atoms with Crippen LogP contribution in [0.4, 0.5) is 17.6 Å². The maximum atomic E-state index is 13.4. The first kappa shape index (κ1) is 16.2. The lowest BCUT2D eigenvalue weighted by Gasteiger charge is -2.28. The molecule has 21 heavy (non-hydrogen) atoms. The summed E-state index contributed by atoms with van der Waals surface area (Å²) < 4.78 is 52.0. The van der Waals surface area contributed by atoms with E-state index in [2.05, 4.69) is 4.90 Å². The van der Waals surface area contributed by atoms with Crippen molar-refractivity contribution in [3.05, 3.63) is 35.1 Å². The van der Waals surface area contributed by atoms with Crippen LogP contribution < -0.4 is 5.73 Å². The van der Waals surface area contributed by atoms with Crippen LogP contribution in [0.2, 0.25) is 0 Å². The number of nitrogens with zero attached hydrogens (tertiary/aromatic N) is 1. The van der Waals surface area contributed by atoms with Crippen LogP contribution in [0.25, 0.3) is 0 Å². The van der Waals surface area contributed by atoms with Gasteiger partial charge in [0.05, 0.1) is 5.56 Å². The molecule has 0 spiro atoms. The molecule has 0 amide bonds. The number of nitrogens with two attached hydrogens (primary N) is 1. The molecule has 1 saturated heterocycles. The molecule has 1 fully saturated rings. The van der Waals surface area contributed by atoms with Crippen molar-refractivity contribution >= 4 is 0 Å². The van der Waals surface area contributed by atoms with Gasteiger partial charge in [0, 0.05) is 6.04 Å². The van der Waals surface area contributed by atoms with Gasteiger partial charge in [0.25, 0.3) is 0 Å². The standard InChI is InChI=1S/C15H20F4N2/c1-2-6-21-7-5-11(9-20)14(21)10-3-4-13(16)12(8-10)15(17,18)19/h3-4,8,11,14H,2,5-7,9,20H2,1H3. The highest BCUT2D eigenvalue weighted by atomic mass is 19.4.